The van der Waals surface area contributed by atoms with Crippen LogP contribution < -0.4 is 5.32 Å². The highest BCUT2D eigenvalue weighted by Gasteiger charge is 2.39. The Bertz CT molecular complexity index is 611. The number of amides is 1. The first-order valence-electron chi connectivity index (χ1n) is 6.56. The van der Waals surface area contributed by atoms with Crippen LogP contribution in [0.4, 0.5) is 5.69 Å². The molecule has 1 aromatic carbocycles. The Morgan fingerprint density at radius 3 is 2.65 bits per heavy atom. The van der Waals surface area contributed by atoms with Gasteiger partial charge in [-0.05, 0) is 42.9 Å². The van der Waals surface area contributed by atoms with Gasteiger partial charge < -0.3 is 10.4 Å². The maximum Gasteiger partial charge on any atom is 0.337 e. The lowest BCUT2D eigenvalue weighted by atomic mass is 9.92. The standard InChI is InChI=1S/C15H14ClNO3/c16-10-3-4-13(12(7-10)15(19)20)17-14(18)11-6-8-1-2-9(11)5-8/h1-4,7-9,11H,5-6H2,(H,17,18)(H,19,20). The molecule has 1 fully saturated rings. The van der Waals surface area contributed by atoms with Crippen LogP contribution in [-0.4, -0.2) is 17.0 Å². The summed E-state index contributed by atoms with van der Waals surface area (Å²) in [7, 11) is 0. The third-order valence-electron chi connectivity index (χ3n) is 4.09. The Kier molecular flexibility index (Phi) is 3.26. The van der Waals surface area contributed by atoms with Gasteiger partial charge in [-0.15, -0.1) is 0 Å². The van der Waals surface area contributed by atoms with E-state index >= 15 is 0 Å². The Hall–Kier alpha value is -1.81. The van der Waals surface area contributed by atoms with Crippen LogP contribution in [0.3, 0.4) is 0 Å². The summed E-state index contributed by atoms with van der Waals surface area (Å²) in [4.78, 5) is 23.5. The van der Waals surface area contributed by atoms with Crippen molar-refractivity contribution in [3.63, 3.8) is 0 Å². The molecule has 0 aromatic heterocycles. The molecule has 104 valence electrons. The van der Waals surface area contributed by atoms with Gasteiger partial charge in [-0.25, -0.2) is 4.79 Å². The topological polar surface area (TPSA) is 66.4 Å². The van der Waals surface area contributed by atoms with Crippen LogP contribution in [0.15, 0.2) is 30.4 Å². The zero-order valence-corrected chi connectivity index (χ0v) is 11.4. The maximum absolute atomic E-state index is 12.3. The van der Waals surface area contributed by atoms with Gasteiger partial charge in [0.25, 0.3) is 0 Å². The fourth-order valence-corrected chi connectivity index (χ4v) is 3.28. The number of nitrogens with one attached hydrogen (secondary N) is 1. The quantitative estimate of drug-likeness (QED) is 0.841. The fourth-order valence-electron chi connectivity index (χ4n) is 3.11. The van der Waals surface area contributed by atoms with E-state index in [0.29, 0.717) is 22.5 Å². The molecule has 0 radical (unpaired) electrons. The Morgan fingerprint density at radius 1 is 1.25 bits per heavy atom. The van der Waals surface area contributed by atoms with E-state index in [9.17, 15) is 9.59 Å². The number of anilines is 1. The molecular weight excluding hydrogens is 278 g/mol. The van der Waals surface area contributed by atoms with Crippen LogP contribution in [0.2, 0.25) is 5.02 Å². The van der Waals surface area contributed by atoms with Gasteiger partial charge in [0, 0.05) is 10.9 Å². The van der Waals surface area contributed by atoms with Gasteiger partial charge in [0.15, 0.2) is 0 Å². The molecule has 2 bridgehead atoms. The van der Waals surface area contributed by atoms with Crippen molar-refractivity contribution < 1.29 is 14.7 Å². The molecule has 1 amide bonds. The Morgan fingerprint density at radius 2 is 2.05 bits per heavy atom. The zero-order chi connectivity index (χ0) is 14.3. The number of hydrogen-bond donors (Lipinski definition) is 2. The third-order valence-corrected chi connectivity index (χ3v) is 4.32. The van der Waals surface area contributed by atoms with E-state index in [0.717, 1.165) is 12.8 Å². The number of halogens is 1. The molecule has 3 unspecified atom stereocenters. The highest BCUT2D eigenvalue weighted by molar-refractivity contribution is 6.31. The maximum atomic E-state index is 12.3. The van der Waals surface area contributed by atoms with Gasteiger partial charge in [-0.3, -0.25) is 4.79 Å². The van der Waals surface area contributed by atoms with Crippen LogP contribution in [-0.2, 0) is 4.79 Å². The molecule has 2 N–H and O–H groups in total. The molecule has 3 atom stereocenters. The first kappa shape index (κ1) is 13.2. The SMILES string of the molecule is O=C(O)c1cc(Cl)ccc1NC(=O)C1CC2C=CC1C2. The third kappa shape index (κ3) is 2.31. The number of carbonyl (C=O) groups excluding carboxylic acids is 1. The summed E-state index contributed by atoms with van der Waals surface area (Å²) in [5.41, 5.74) is 0.322. The van der Waals surface area contributed by atoms with Crippen LogP contribution in [0.1, 0.15) is 23.2 Å². The molecule has 0 spiro atoms. The van der Waals surface area contributed by atoms with Gasteiger partial charge in [0.1, 0.15) is 0 Å². The Balaban J connectivity index is 1.79. The summed E-state index contributed by atoms with van der Waals surface area (Å²) < 4.78 is 0. The number of fused-ring (bicyclic) bond motifs is 2. The highest BCUT2D eigenvalue weighted by atomic mass is 35.5. The first-order chi connectivity index (χ1) is 9.54. The van der Waals surface area contributed by atoms with Crippen molar-refractivity contribution >= 4 is 29.2 Å². The lowest BCUT2D eigenvalue weighted by Crippen LogP contribution is -2.26. The number of carbonyl (C=O) groups is 2. The van der Waals surface area contributed by atoms with E-state index in [1.165, 1.54) is 12.1 Å². The minimum Gasteiger partial charge on any atom is -0.478 e. The van der Waals surface area contributed by atoms with Gasteiger partial charge in [0.05, 0.1) is 11.3 Å². The molecule has 1 saturated carbocycles. The van der Waals surface area contributed by atoms with E-state index in [-0.39, 0.29) is 17.4 Å². The zero-order valence-electron chi connectivity index (χ0n) is 10.7. The first-order valence-corrected chi connectivity index (χ1v) is 6.94. The predicted molar refractivity (Wildman–Crippen MR) is 75.9 cm³/mol. The molecule has 2 aliphatic rings. The minimum atomic E-state index is -1.10. The molecule has 3 rings (SSSR count). The lowest BCUT2D eigenvalue weighted by molar-refractivity contribution is -0.120. The summed E-state index contributed by atoms with van der Waals surface area (Å²) >= 11 is 5.79. The molecule has 2 aliphatic carbocycles. The molecule has 0 heterocycles. The second kappa shape index (κ2) is 4.94. The monoisotopic (exact) mass is 291 g/mol. The molecule has 4 nitrogen and oxygen atoms in total. The molecule has 5 heteroatoms. The summed E-state index contributed by atoms with van der Waals surface area (Å²) in [6.45, 7) is 0. The van der Waals surface area contributed by atoms with Crippen LogP contribution in [0.25, 0.3) is 0 Å². The van der Waals surface area contributed by atoms with Gasteiger partial charge in [-0.1, -0.05) is 23.8 Å². The summed E-state index contributed by atoms with van der Waals surface area (Å²) in [5.74, 6) is -0.467. The summed E-state index contributed by atoms with van der Waals surface area (Å²) in [6, 6.07) is 4.46. The van der Waals surface area contributed by atoms with Gasteiger partial charge in [0.2, 0.25) is 5.91 Å². The minimum absolute atomic E-state index is 0.0181. The van der Waals surface area contributed by atoms with Crippen LogP contribution in [0.5, 0.6) is 0 Å². The van der Waals surface area contributed by atoms with Crippen molar-refractivity contribution in [2.24, 2.45) is 17.8 Å². The Labute approximate surface area is 121 Å². The number of carboxylic acid groups (broad SMARTS) is 1. The largest absolute Gasteiger partial charge is 0.478 e. The van der Waals surface area contributed by atoms with E-state index in [1.807, 2.05) is 0 Å². The van der Waals surface area contributed by atoms with Crippen molar-refractivity contribution in [1.29, 1.82) is 0 Å². The van der Waals surface area contributed by atoms with Crippen molar-refractivity contribution in [2.45, 2.75) is 12.8 Å². The molecule has 0 saturated heterocycles. The number of benzene rings is 1. The second-order valence-electron chi connectivity index (χ2n) is 5.37. The fraction of sp³-hybridized carbons (Fsp3) is 0.333. The number of hydrogen-bond acceptors (Lipinski definition) is 2. The van der Waals surface area contributed by atoms with Crippen LogP contribution >= 0.6 is 11.6 Å². The van der Waals surface area contributed by atoms with Crippen LogP contribution in [0, 0.1) is 17.8 Å². The van der Waals surface area contributed by atoms with Crippen molar-refractivity contribution in [3.05, 3.63) is 40.9 Å². The average Bonchev–Trinajstić information content (AvgIpc) is 3.03. The van der Waals surface area contributed by atoms with Gasteiger partial charge in [-0.2, -0.15) is 0 Å². The number of allylic oxidation sites excluding steroid dienone is 2. The second-order valence-corrected chi connectivity index (χ2v) is 5.81. The lowest BCUT2D eigenvalue weighted by Gasteiger charge is -2.18. The number of rotatable bonds is 3. The summed E-state index contributed by atoms with van der Waals surface area (Å²) in [5, 5.41) is 12.2. The average molecular weight is 292 g/mol. The number of aromatic carboxylic acids is 1. The number of carboxylic acids is 1. The van der Waals surface area contributed by atoms with Crippen molar-refractivity contribution in [2.75, 3.05) is 5.32 Å². The highest BCUT2D eigenvalue weighted by Crippen LogP contribution is 2.43. The molecule has 0 aliphatic heterocycles. The summed E-state index contributed by atoms with van der Waals surface area (Å²) in [6.07, 6.45) is 6.14. The predicted octanol–water partition coefficient (Wildman–Crippen LogP) is 3.19. The molecular formula is C15H14ClNO3. The normalized spacial score (nSPS) is 26.8. The molecule has 20 heavy (non-hydrogen) atoms. The smallest absolute Gasteiger partial charge is 0.337 e. The van der Waals surface area contributed by atoms with Gasteiger partial charge >= 0.3 is 5.97 Å². The van der Waals surface area contributed by atoms with E-state index in [2.05, 4.69) is 17.5 Å². The van der Waals surface area contributed by atoms with Crippen molar-refractivity contribution in [1.82, 2.24) is 0 Å². The molecule has 1 aromatic rings. The van der Waals surface area contributed by atoms with E-state index in [1.54, 1.807) is 6.07 Å². The van der Waals surface area contributed by atoms with E-state index in [4.69, 9.17) is 16.7 Å². The van der Waals surface area contributed by atoms with E-state index < -0.39 is 5.97 Å². The van der Waals surface area contributed by atoms with Crippen molar-refractivity contribution in [3.8, 4) is 0 Å².